The lowest BCUT2D eigenvalue weighted by Gasteiger charge is -2.13. The van der Waals surface area contributed by atoms with Crippen molar-refractivity contribution in [2.24, 2.45) is 0 Å². The number of nitrogen functional groups attached to an aromatic ring is 1. The van der Waals surface area contributed by atoms with E-state index in [9.17, 15) is 9.18 Å². The molecule has 1 heterocycles. The van der Waals surface area contributed by atoms with E-state index in [1.807, 2.05) is 0 Å². The highest BCUT2D eigenvalue weighted by atomic mass is 19.1. The first-order valence-electron chi connectivity index (χ1n) is 5.09. The quantitative estimate of drug-likeness (QED) is 0.615. The van der Waals surface area contributed by atoms with Crippen LogP contribution >= 0.6 is 0 Å². The maximum absolute atomic E-state index is 13.2. The molecule has 0 aromatic heterocycles. The number of hydrogen-bond acceptors (Lipinski definition) is 3. The minimum atomic E-state index is -0.567. The first-order valence-corrected chi connectivity index (χ1v) is 5.09. The Hall–Kier alpha value is -1.84. The molecular weight excluding hydrogens is 209 g/mol. The average Bonchev–Trinajstić information content (AvgIpc) is 2.33. The van der Waals surface area contributed by atoms with E-state index in [1.165, 1.54) is 24.5 Å². The van der Waals surface area contributed by atoms with Gasteiger partial charge in [-0.2, -0.15) is 0 Å². The fourth-order valence-corrected chi connectivity index (χ4v) is 1.64. The van der Waals surface area contributed by atoms with Crippen molar-refractivity contribution in [3.05, 3.63) is 41.4 Å². The van der Waals surface area contributed by atoms with Crippen LogP contribution in [0.1, 0.15) is 23.2 Å². The first-order chi connectivity index (χ1) is 7.70. The summed E-state index contributed by atoms with van der Waals surface area (Å²) in [7, 11) is 0. The Kier molecular flexibility index (Phi) is 2.90. The van der Waals surface area contributed by atoms with Gasteiger partial charge in [0, 0.05) is 11.1 Å². The SMILES string of the molecule is Nc1c(F)cccc1C(=O)C1=COCCC1. The van der Waals surface area contributed by atoms with Crippen LogP contribution in [0.5, 0.6) is 0 Å². The van der Waals surface area contributed by atoms with Crippen LogP contribution in [-0.4, -0.2) is 12.4 Å². The molecular formula is C12H12FNO2. The molecule has 0 saturated carbocycles. The fourth-order valence-electron chi connectivity index (χ4n) is 1.64. The monoisotopic (exact) mass is 221 g/mol. The third kappa shape index (κ3) is 1.91. The number of carbonyl (C=O) groups is 1. The number of rotatable bonds is 2. The number of benzene rings is 1. The van der Waals surface area contributed by atoms with E-state index in [0.29, 0.717) is 18.6 Å². The van der Waals surface area contributed by atoms with Crippen LogP contribution in [0.25, 0.3) is 0 Å². The summed E-state index contributed by atoms with van der Waals surface area (Å²) in [5.74, 6) is -0.820. The largest absolute Gasteiger partial charge is 0.501 e. The van der Waals surface area contributed by atoms with E-state index < -0.39 is 5.82 Å². The number of halogens is 1. The highest BCUT2D eigenvalue weighted by molar-refractivity contribution is 6.11. The Morgan fingerprint density at radius 2 is 2.25 bits per heavy atom. The Morgan fingerprint density at radius 1 is 1.44 bits per heavy atom. The van der Waals surface area contributed by atoms with Crippen LogP contribution in [0.15, 0.2) is 30.0 Å². The van der Waals surface area contributed by atoms with Crippen molar-refractivity contribution in [3.8, 4) is 0 Å². The van der Waals surface area contributed by atoms with E-state index >= 15 is 0 Å². The van der Waals surface area contributed by atoms with E-state index in [4.69, 9.17) is 10.5 Å². The molecule has 0 unspecified atom stereocenters. The second-order valence-electron chi connectivity index (χ2n) is 3.65. The Balaban J connectivity index is 2.33. The van der Waals surface area contributed by atoms with Gasteiger partial charge in [0.15, 0.2) is 5.78 Å². The Morgan fingerprint density at radius 3 is 2.94 bits per heavy atom. The van der Waals surface area contributed by atoms with Crippen molar-refractivity contribution in [1.29, 1.82) is 0 Å². The summed E-state index contributed by atoms with van der Waals surface area (Å²) in [4.78, 5) is 12.0. The molecule has 0 saturated heterocycles. The van der Waals surface area contributed by atoms with Crippen LogP contribution in [0.3, 0.4) is 0 Å². The molecule has 84 valence electrons. The lowest BCUT2D eigenvalue weighted by atomic mass is 9.98. The fraction of sp³-hybridized carbons (Fsp3) is 0.250. The average molecular weight is 221 g/mol. The summed E-state index contributed by atoms with van der Waals surface area (Å²) in [5.41, 5.74) is 6.18. The molecule has 1 aromatic rings. The summed E-state index contributed by atoms with van der Waals surface area (Å²) in [5, 5.41) is 0. The maximum atomic E-state index is 13.2. The highest BCUT2D eigenvalue weighted by Gasteiger charge is 2.18. The molecule has 2 rings (SSSR count). The number of hydrogen-bond donors (Lipinski definition) is 1. The van der Waals surface area contributed by atoms with E-state index in [1.54, 1.807) is 0 Å². The van der Waals surface area contributed by atoms with Gasteiger partial charge in [-0.15, -0.1) is 0 Å². The molecule has 4 heteroatoms. The van der Waals surface area contributed by atoms with Gasteiger partial charge in [-0.25, -0.2) is 4.39 Å². The van der Waals surface area contributed by atoms with Crippen LogP contribution in [0.4, 0.5) is 10.1 Å². The maximum Gasteiger partial charge on any atom is 0.194 e. The minimum absolute atomic E-state index is 0.0982. The Labute approximate surface area is 92.7 Å². The molecule has 2 N–H and O–H groups in total. The normalized spacial score (nSPS) is 15.2. The number of nitrogens with two attached hydrogens (primary N) is 1. The van der Waals surface area contributed by atoms with E-state index in [2.05, 4.69) is 0 Å². The van der Waals surface area contributed by atoms with Gasteiger partial charge >= 0.3 is 0 Å². The number of Topliss-reactive ketones (excluding diaryl/α,β-unsaturated/α-hetero) is 1. The first kappa shape index (κ1) is 10.7. The van der Waals surface area contributed by atoms with Gasteiger partial charge < -0.3 is 10.5 Å². The number of ketones is 1. The molecule has 0 fully saturated rings. The third-order valence-corrected chi connectivity index (χ3v) is 2.52. The zero-order valence-electron chi connectivity index (χ0n) is 8.70. The van der Waals surface area contributed by atoms with Gasteiger partial charge in [0.1, 0.15) is 5.82 Å². The van der Waals surface area contributed by atoms with Gasteiger partial charge in [0.25, 0.3) is 0 Å². The molecule has 0 radical (unpaired) electrons. The van der Waals surface area contributed by atoms with Crippen LogP contribution in [0, 0.1) is 5.82 Å². The van der Waals surface area contributed by atoms with E-state index in [-0.39, 0.29) is 17.0 Å². The molecule has 1 aliphatic heterocycles. The van der Waals surface area contributed by atoms with Crippen molar-refractivity contribution >= 4 is 11.5 Å². The molecule has 1 aliphatic rings. The lowest BCUT2D eigenvalue weighted by molar-refractivity contribution is 0.101. The van der Waals surface area contributed by atoms with Crippen LogP contribution in [0.2, 0.25) is 0 Å². The zero-order chi connectivity index (χ0) is 11.5. The van der Waals surface area contributed by atoms with E-state index in [0.717, 1.165) is 6.42 Å². The number of para-hydroxylation sites is 1. The van der Waals surface area contributed by atoms with Crippen molar-refractivity contribution in [3.63, 3.8) is 0 Å². The topological polar surface area (TPSA) is 52.3 Å². The van der Waals surface area contributed by atoms with Crippen molar-refractivity contribution < 1.29 is 13.9 Å². The summed E-state index contributed by atoms with van der Waals surface area (Å²) < 4.78 is 18.3. The standard InChI is InChI=1S/C12H12FNO2/c13-10-5-1-4-9(11(10)14)12(15)8-3-2-6-16-7-8/h1,4-5,7H,2-3,6,14H2. The summed E-state index contributed by atoms with van der Waals surface area (Å²) >= 11 is 0. The lowest BCUT2D eigenvalue weighted by Crippen LogP contribution is -2.12. The van der Waals surface area contributed by atoms with Gasteiger partial charge in [0.05, 0.1) is 18.6 Å². The number of ether oxygens (including phenoxy) is 1. The summed E-state index contributed by atoms with van der Waals surface area (Å²) in [6.45, 7) is 0.620. The number of anilines is 1. The van der Waals surface area contributed by atoms with Crippen molar-refractivity contribution in [1.82, 2.24) is 0 Å². The predicted octanol–water partition coefficient (Wildman–Crippen LogP) is 2.28. The molecule has 0 spiro atoms. The Bertz CT molecular complexity index is 454. The number of allylic oxidation sites excluding steroid dienone is 1. The second-order valence-corrected chi connectivity index (χ2v) is 3.65. The van der Waals surface area contributed by atoms with Gasteiger partial charge in [-0.1, -0.05) is 6.07 Å². The van der Waals surface area contributed by atoms with Crippen LogP contribution < -0.4 is 5.73 Å². The van der Waals surface area contributed by atoms with Gasteiger partial charge in [0.2, 0.25) is 0 Å². The molecule has 3 nitrogen and oxygen atoms in total. The molecule has 16 heavy (non-hydrogen) atoms. The summed E-state index contributed by atoms with van der Waals surface area (Å²) in [6.07, 6.45) is 2.89. The third-order valence-electron chi connectivity index (χ3n) is 2.52. The van der Waals surface area contributed by atoms with Crippen LogP contribution in [-0.2, 0) is 4.74 Å². The molecule has 1 aromatic carbocycles. The highest BCUT2D eigenvalue weighted by Crippen LogP contribution is 2.22. The predicted molar refractivity (Wildman–Crippen MR) is 58.4 cm³/mol. The zero-order valence-corrected chi connectivity index (χ0v) is 8.70. The van der Waals surface area contributed by atoms with Gasteiger partial charge in [-0.05, 0) is 25.0 Å². The smallest absolute Gasteiger partial charge is 0.194 e. The second kappa shape index (κ2) is 4.35. The number of carbonyl (C=O) groups excluding carboxylic acids is 1. The molecule has 0 aliphatic carbocycles. The molecule has 0 bridgehead atoms. The molecule has 0 atom stereocenters. The van der Waals surface area contributed by atoms with Crippen molar-refractivity contribution in [2.75, 3.05) is 12.3 Å². The summed E-state index contributed by atoms with van der Waals surface area (Å²) in [6, 6.07) is 4.23. The molecule has 0 amide bonds. The van der Waals surface area contributed by atoms with Gasteiger partial charge in [-0.3, -0.25) is 4.79 Å². The minimum Gasteiger partial charge on any atom is -0.501 e. The van der Waals surface area contributed by atoms with Crippen molar-refractivity contribution in [2.45, 2.75) is 12.8 Å².